The lowest BCUT2D eigenvalue weighted by Crippen LogP contribution is -2.33. The molecule has 1 aliphatic heterocycles. The van der Waals surface area contributed by atoms with E-state index in [-0.39, 0.29) is 6.10 Å². The smallest absolute Gasteiger partial charge is 0.177 e. The molecule has 1 aliphatic rings. The van der Waals surface area contributed by atoms with Crippen molar-refractivity contribution in [3.8, 4) is 5.75 Å². The van der Waals surface area contributed by atoms with Crippen LogP contribution in [0.25, 0.3) is 0 Å². The second-order valence-corrected chi connectivity index (χ2v) is 4.24. The molecule has 2 rings (SSSR count). The summed E-state index contributed by atoms with van der Waals surface area (Å²) in [6, 6.07) is 7.68. The summed E-state index contributed by atoms with van der Waals surface area (Å²) in [5.74, 6) is 0.823. The molecule has 4 nitrogen and oxygen atoms in total. The fourth-order valence-corrected chi connectivity index (χ4v) is 1.69. The molecule has 0 bridgehead atoms. The molecule has 0 radical (unpaired) electrons. The highest BCUT2D eigenvalue weighted by atomic mass is 16.7. The van der Waals surface area contributed by atoms with Crippen LogP contribution in [-0.2, 0) is 16.1 Å². The SMILES string of the molecule is COc1ccc(CO[C@H]2C=C[C@@H](O)[C@H](C)O2)cc1. The normalized spacial score (nSPS) is 27.2. The molecule has 3 atom stereocenters. The van der Waals surface area contributed by atoms with E-state index in [9.17, 15) is 5.11 Å². The minimum absolute atomic E-state index is 0.240. The Balaban J connectivity index is 1.86. The summed E-state index contributed by atoms with van der Waals surface area (Å²) in [7, 11) is 1.64. The first kappa shape index (κ1) is 13.1. The molecule has 98 valence electrons. The van der Waals surface area contributed by atoms with Crippen LogP contribution in [0.15, 0.2) is 36.4 Å². The zero-order valence-electron chi connectivity index (χ0n) is 10.6. The third-order valence-electron chi connectivity index (χ3n) is 2.87. The second-order valence-electron chi connectivity index (χ2n) is 4.24. The summed E-state index contributed by atoms with van der Waals surface area (Å²) in [4.78, 5) is 0. The van der Waals surface area contributed by atoms with E-state index >= 15 is 0 Å². The standard InChI is InChI=1S/C14H18O4/c1-10-13(15)7-8-14(18-10)17-9-11-3-5-12(16-2)6-4-11/h3-8,10,13-15H,9H2,1-2H3/t10-,13+,14+/m0/s1. The number of hydrogen-bond acceptors (Lipinski definition) is 4. The molecule has 0 saturated heterocycles. The molecule has 1 aromatic carbocycles. The number of rotatable bonds is 4. The first-order valence-electron chi connectivity index (χ1n) is 5.95. The average Bonchev–Trinajstić information content (AvgIpc) is 2.41. The first-order chi connectivity index (χ1) is 8.69. The molecule has 0 unspecified atom stereocenters. The van der Waals surface area contributed by atoms with Gasteiger partial charge in [-0.05, 0) is 30.7 Å². The lowest BCUT2D eigenvalue weighted by atomic mass is 10.2. The van der Waals surface area contributed by atoms with Crippen molar-refractivity contribution in [1.29, 1.82) is 0 Å². The maximum Gasteiger partial charge on any atom is 0.177 e. The van der Waals surface area contributed by atoms with E-state index in [1.54, 1.807) is 19.3 Å². The van der Waals surface area contributed by atoms with Crippen LogP contribution in [-0.4, -0.2) is 30.7 Å². The molecule has 0 spiro atoms. The van der Waals surface area contributed by atoms with Crippen molar-refractivity contribution in [2.24, 2.45) is 0 Å². The highest BCUT2D eigenvalue weighted by Gasteiger charge is 2.21. The van der Waals surface area contributed by atoms with Crippen molar-refractivity contribution in [1.82, 2.24) is 0 Å². The first-order valence-corrected chi connectivity index (χ1v) is 5.95. The van der Waals surface area contributed by atoms with E-state index in [0.717, 1.165) is 11.3 Å². The van der Waals surface area contributed by atoms with Crippen LogP contribution in [0.1, 0.15) is 12.5 Å². The summed E-state index contributed by atoms with van der Waals surface area (Å²) in [5, 5.41) is 9.46. The summed E-state index contributed by atoms with van der Waals surface area (Å²) in [6.07, 6.45) is 2.24. The largest absolute Gasteiger partial charge is 0.497 e. The number of aliphatic hydroxyl groups is 1. The molecule has 0 aliphatic carbocycles. The molecule has 0 aromatic heterocycles. The molecule has 0 fully saturated rings. The maximum atomic E-state index is 9.46. The molecule has 4 heteroatoms. The third kappa shape index (κ3) is 3.32. The fraction of sp³-hybridized carbons (Fsp3) is 0.429. The Morgan fingerprint density at radius 1 is 1.22 bits per heavy atom. The van der Waals surface area contributed by atoms with Crippen molar-refractivity contribution in [3.63, 3.8) is 0 Å². The van der Waals surface area contributed by atoms with Crippen molar-refractivity contribution < 1.29 is 19.3 Å². The van der Waals surface area contributed by atoms with E-state index in [2.05, 4.69) is 0 Å². The van der Waals surface area contributed by atoms with Crippen molar-refractivity contribution >= 4 is 0 Å². The molecular formula is C14H18O4. The van der Waals surface area contributed by atoms with Gasteiger partial charge in [-0.15, -0.1) is 0 Å². The Morgan fingerprint density at radius 3 is 2.56 bits per heavy atom. The van der Waals surface area contributed by atoms with Gasteiger partial charge in [0.25, 0.3) is 0 Å². The molecular weight excluding hydrogens is 232 g/mol. The average molecular weight is 250 g/mol. The Bertz CT molecular complexity index is 399. The van der Waals surface area contributed by atoms with Gasteiger partial charge in [-0.1, -0.05) is 18.2 Å². The van der Waals surface area contributed by atoms with Crippen LogP contribution in [0, 0.1) is 0 Å². The van der Waals surface area contributed by atoms with E-state index in [4.69, 9.17) is 14.2 Å². The van der Waals surface area contributed by atoms with Crippen LogP contribution < -0.4 is 4.74 Å². The van der Waals surface area contributed by atoms with Gasteiger partial charge in [-0.3, -0.25) is 0 Å². The van der Waals surface area contributed by atoms with Crippen LogP contribution in [0.4, 0.5) is 0 Å². The van der Waals surface area contributed by atoms with Gasteiger partial charge in [0, 0.05) is 0 Å². The van der Waals surface area contributed by atoms with Gasteiger partial charge < -0.3 is 19.3 Å². The zero-order valence-corrected chi connectivity index (χ0v) is 10.6. The van der Waals surface area contributed by atoms with E-state index in [1.165, 1.54) is 0 Å². The molecule has 18 heavy (non-hydrogen) atoms. The molecule has 0 amide bonds. The predicted molar refractivity (Wildman–Crippen MR) is 67.3 cm³/mol. The van der Waals surface area contributed by atoms with Gasteiger partial charge in [-0.25, -0.2) is 0 Å². The summed E-state index contributed by atoms with van der Waals surface area (Å²) < 4.78 is 16.2. The van der Waals surface area contributed by atoms with Crippen molar-refractivity contribution in [2.75, 3.05) is 7.11 Å². The molecule has 0 saturated carbocycles. The lowest BCUT2D eigenvalue weighted by molar-refractivity contribution is -0.170. The second kappa shape index (κ2) is 6.00. The molecule has 1 heterocycles. The Morgan fingerprint density at radius 2 is 1.94 bits per heavy atom. The monoisotopic (exact) mass is 250 g/mol. The topological polar surface area (TPSA) is 47.9 Å². The summed E-state index contributed by atoms with van der Waals surface area (Å²) in [6.45, 7) is 2.28. The van der Waals surface area contributed by atoms with Crippen LogP contribution >= 0.6 is 0 Å². The molecule has 1 N–H and O–H groups in total. The number of aliphatic hydroxyl groups excluding tert-OH is 1. The Kier molecular flexibility index (Phi) is 4.36. The number of hydrogen-bond donors (Lipinski definition) is 1. The summed E-state index contributed by atoms with van der Waals surface area (Å²) in [5.41, 5.74) is 1.05. The number of benzene rings is 1. The van der Waals surface area contributed by atoms with Gasteiger partial charge in [0.05, 0.1) is 25.9 Å². The van der Waals surface area contributed by atoms with Crippen molar-refractivity contribution in [3.05, 3.63) is 42.0 Å². The van der Waals surface area contributed by atoms with Gasteiger partial charge in [-0.2, -0.15) is 0 Å². The minimum Gasteiger partial charge on any atom is -0.497 e. The zero-order chi connectivity index (χ0) is 13.0. The van der Waals surface area contributed by atoms with Crippen LogP contribution in [0.3, 0.4) is 0 Å². The van der Waals surface area contributed by atoms with Gasteiger partial charge in [0.1, 0.15) is 5.75 Å². The Labute approximate surface area is 107 Å². The summed E-state index contributed by atoms with van der Waals surface area (Å²) >= 11 is 0. The van der Waals surface area contributed by atoms with Gasteiger partial charge >= 0.3 is 0 Å². The highest BCUT2D eigenvalue weighted by molar-refractivity contribution is 5.26. The molecule has 1 aromatic rings. The van der Waals surface area contributed by atoms with Crippen LogP contribution in [0.5, 0.6) is 5.75 Å². The van der Waals surface area contributed by atoms with Crippen molar-refractivity contribution in [2.45, 2.75) is 32.0 Å². The number of ether oxygens (including phenoxy) is 3. The highest BCUT2D eigenvalue weighted by Crippen LogP contribution is 2.16. The van der Waals surface area contributed by atoms with Gasteiger partial charge in [0.15, 0.2) is 6.29 Å². The lowest BCUT2D eigenvalue weighted by Gasteiger charge is -2.26. The van der Waals surface area contributed by atoms with Crippen LogP contribution in [0.2, 0.25) is 0 Å². The fourth-order valence-electron chi connectivity index (χ4n) is 1.69. The van der Waals surface area contributed by atoms with E-state index in [0.29, 0.717) is 6.61 Å². The van der Waals surface area contributed by atoms with E-state index < -0.39 is 12.4 Å². The third-order valence-corrected chi connectivity index (χ3v) is 2.87. The minimum atomic E-state index is -0.550. The van der Waals surface area contributed by atoms with E-state index in [1.807, 2.05) is 31.2 Å². The maximum absolute atomic E-state index is 9.46. The quantitative estimate of drug-likeness (QED) is 0.829. The Hall–Kier alpha value is -1.36. The predicted octanol–water partition coefficient (Wildman–Crippen LogP) is 1.87. The van der Waals surface area contributed by atoms with Gasteiger partial charge in [0.2, 0.25) is 0 Å². The number of methoxy groups -OCH3 is 1.